The van der Waals surface area contributed by atoms with E-state index in [0.717, 1.165) is 11.9 Å². The molecule has 25 heavy (non-hydrogen) atoms. The number of hydrogen-bond acceptors (Lipinski definition) is 4. The predicted octanol–water partition coefficient (Wildman–Crippen LogP) is 3.78. The van der Waals surface area contributed by atoms with Crippen LogP contribution in [-0.2, 0) is 12.0 Å². The van der Waals surface area contributed by atoms with E-state index >= 15 is 0 Å². The topological polar surface area (TPSA) is 75.3 Å². The molecular formula is C19H35N5O. The Morgan fingerprint density at radius 2 is 2.00 bits per heavy atom. The van der Waals surface area contributed by atoms with Gasteiger partial charge >= 0.3 is 0 Å². The lowest BCUT2D eigenvalue weighted by Gasteiger charge is -2.24. The van der Waals surface area contributed by atoms with Crippen LogP contribution in [0.5, 0.6) is 0 Å². The van der Waals surface area contributed by atoms with Gasteiger partial charge in [0.05, 0.1) is 6.54 Å². The summed E-state index contributed by atoms with van der Waals surface area (Å²) in [5.41, 5.74) is -0.126. The maximum atomic E-state index is 5.32. The van der Waals surface area contributed by atoms with Gasteiger partial charge in [-0.15, -0.1) is 0 Å². The van der Waals surface area contributed by atoms with Crippen LogP contribution < -0.4 is 10.6 Å². The average Bonchev–Trinajstić information content (AvgIpc) is 3.07. The molecule has 2 N–H and O–H groups in total. The SMILES string of the molecule is CN=C(NCc1noc(C(C)(C)C)n1)NC(C)CCC1CCCCC1. The molecule has 1 unspecified atom stereocenters. The van der Waals surface area contributed by atoms with E-state index in [-0.39, 0.29) is 5.41 Å². The van der Waals surface area contributed by atoms with Crippen molar-refractivity contribution in [1.29, 1.82) is 0 Å². The van der Waals surface area contributed by atoms with Gasteiger partial charge in [-0.1, -0.05) is 58.0 Å². The Morgan fingerprint density at radius 3 is 2.60 bits per heavy atom. The fraction of sp³-hybridized carbons (Fsp3) is 0.842. The summed E-state index contributed by atoms with van der Waals surface area (Å²) in [5.74, 6) is 3.03. The highest BCUT2D eigenvalue weighted by atomic mass is 16.5. The summed E-state index contributed by atoms with van der Waals surface area (Å²) < 4.78 is 5.32. The maximum Gasteiger partial charge on any atom is 0.232 e. The molecule has 0 amide bonds. The molecule has 0 saturated heterocycles. The van der Waals surface area contributed by atoms with Gasteiger partial charge in [-0.05, 0) is 25.7 Å². The monoisotopic (exact) mass is 349 g/mol. The highest BCUT2D eigenvalue weighted by Crippen LogP contribution is 2.27. The number of nitrogens with one attached hydrogen (secondary N) is 2. The number of aliphatic imine (C=N–C) groups is 1. The van der Waals surface area contributed by atoms with Crippen LogP contribution in [0.15, 0.2) is 9.52 Å². The fourth-order valence-electron chi connectivity index (χ4n) is 3.25. The smallest absolute Gasteiger partial charge is 0.232 e. The molecule has 1 atom stereocenters. The summed E-state index contributed by atoms with van der Waals surface area (Å²) in [5, 5.41) is 10.8. The standard InChI is InChI=1S/C19H35N5O/c1-14(11-12-15-9-7-6-8-10-15)22-18(20-5)21-13-16-23-17(25-24-16)19(2,3)4/h14-15H,6-13H2,1-5H3,(H2,20,21,22). The number of hydrogen-bond donors (Lipinski definition) is 2. The van der Waals surface area contributed by atoms with E-state index in [1.165, 1.54) is 44.9 Å². The third-order valence-corrected chi connectivity index (χ3v) is 4.86. The van der Waals surface area contributed by atoms with Gasteiger partial charge in [-0.3, -0.25) is 4.99 Å². The van der Waals surface area contributed by atoms with Gasteiger partial charge in [0.1, 0.15) is 0 Å². The molecule has 1 heterocycles. The fourth-order valence-corrected chi connectivity index (χ4v) is 3.25. The number of aromatic nitrogens is 2. The lowest BCUT2D eigenvalue weighted by atomic mass is 9.85. The molecule has 1 aliphatic carbocycles. The van der Waals surface area contributed by atoms with Gasteiger partial charge in [-0.2, -0.15) is 4.98 Å². The van der Waals surface area contributed by atoms with Crippen molar-refractivity contribution < 1.29 is 4.52 Å². The molecule has 0 aromatic carbocycles. The summed E-state index contributed by atoms with van der Waals surface area (Å²) in [7, 11) is 1.79. The molecule has 1 aliphatic rings. The third-order valence-electron chi connectivity index (χ3n) is 4.86. The van der Waals surface area contributed by atoms with Crippen molar-refractivity contribution in [3.63, 3.8) is 0 Å². The summed E-state index contributed by atoms with van der Waals surface area (Å²) >= 11 is 0. The first-order valence-electron chi connectivity index (χ1n) is 9.68. The molecule has 1 fully saturated rings. The molecule has 142 valence electrons. The van der Waals surface area contributed by atoms with Crippen LogP contribution in [0.1, 0.15) is 84.4 Å². The van der Waals surface area contributed by atoms with Gasteiger partial charge in [0, 0.05) is 18.5 Å². The quantitative estimate of drug-likeness (QED) is 0.604. The van der Waals surface area contributed by atoms with Crippen molar-refractivity contribution in [1.82, 2.24) is 20.8 Å². The van der Waals surface area contributed by atoms with Crippen LogP contribution in [0.25, 0.3) is 0 Å². The van der Waals surface area contributed by atoms with E-state index in [0.29, 0.717) is 24.3 Å². The van der Waals surface area contributed by atoms with E-state index < -0.39 is 0 Å². The Bertz CT molecular complexity index is 540. The second-order valence-electron chi connectivity index (χ2n) is 8.32. The van der Waals surface area contributed by atoms with Crippen LogP contribution >= 0.6 is 0 Å². The van der Waals surface area contributed by atoms with Crippen LogP contribution in [-0.4, -0.2) is 29.2 Å². The summed E-state index contributed by atoms with van der Waals surface area (Å²) in [4.78, 5) is 8.74. The van der Waals surface area contributed by atoms with E-state index in [2.05, 4.69) is 53.5 Å². The summed E-state index contributed by atoms with van der Waals surface area (Å²) in [6.45, 7) is 8.92. The summed E-state index contributed by atoms with van der Waals surface area (Å²) in [6, 6.07) is 0.406. The highest BCUT2D eigenvalue weighted by molar-refractivity contribution is 5.79. The zero-order valence-corrected chi connectivity index (χ0v) is 16.6. The van der Waals surface area contributed by atoms with Crippen LogP contribution in [0.3, 0.4) is 0 Å². The second kappa shape index (κ2) is 9.20. The largest absolute Gasteiger partial charge is 0.354 e. The van der Waals surface area contributed by atoms with E-state index in [1.54, 1.807) is 7.05 Å². The Morgan fingerprint density at radius 1 is 1.28 bits per heavy atom. The Balaban J connectivity index is 1.73. The number of nitrogens with zero attached hydrogens (tertiary/aromatic N) is 3. The minimum atomic E-state index is -0.126. The summed E-state index contributed by atoms with van der Waals surface area (Å²) in [6.07, 6.45) is 9.57. The third kappa shape index (κ3) is 6.67. The first-order valence-corrected chi connectivity index (χ1v) is 9.68. The minimum absolute atomic E-state index is 0.126. The van der Waals surface area contributed by atoms with Crippen molar-refractivity contribution in [3.8, 4) is 0 Å². The first kappa shape index (κ1) is 19.7. The molecule has 1 saturated carbocycles. The molecule has 6 heteroatoms. The average molecular weight is 350 g/mol. The van der Waals surface area contributed by atoms with Gasteiger partial charge < -0.3 is 15.2 Å². The Labute approximate surface area is 152 Å². The molecule has 1 aromatic rings. The highest BCUT2D eigenvalue weighted by Gasteiger charge is 2.21. The molecule has 1 aromatic heterocycles. The van der Waals surface area contributed by atoms with Gasteiger partial charge in [0.25, 0.3) is 0 Å². The Hall–Kier alpha value is -1.59. The van der Waals surface area contributed by atoms with Crippen LogP contribution in [0, 0.1) is 5.92 Å². The molecule has 2 rings (SSSR count). The molecule has 0 spiro atoms. The van der Waals surface area contributed by atoms with Crippen molar-refractivity contribution >= 4 is 5.96 Å². The maximum absolute atomic E-state index is 5.32. The van der Waals surface area contributed by atoms with Crippen molar-refractivity contribution in [3.05, 3.63) is 11.7 Å². The zero-order chi connectivity index (χ0) is 18.3. The lowest BCUT2D eigenvalue weighted by Crippen LogP contribution is -2.42. The van der Waals surface area contributed by atoms with Crippen molar-refractivity contribution in [2.75, 3.05) is 7.05 Å². The minimum Gasteiger partial charge on any atom is -0.354 e. The molecular weight excluding hydrogens is 314 g/mol. The van der Waals surface area contributed by atoms with Gasteiger partial charge in [-0.25, -0.2) is 0 Å². The van der Waals surface area contributed by atoms with Crippen molar-refractivity contribution in [2.24, 2.45) is 10.9 Å². The van der Waals surface area contributed by atoms with Crippen LogP contribution in [0.4, 0.5) is 0 Å². The molecule has 0 aliphatic heterocycles. The lowest BCUT2D eigenvalue weighted by molar-refractivity contribution is 0.318. The molecule has 0 bridgehead atoms. The van der Waals surface area contributed by atoms with Crippen molar-refractivity contribution in [2.45, 2.75) is 90.6 Å². The number of guanidine groups is 1. The first-order chi connectivity index (χ1) is 11.9. The normalized spacial score (nSPS) is 18.2. The zero-order valence-electron chi connectivity index (χ0n) is 16.6. The second-order valence-corrected chi connectivity index (χ2v) is 8.32. The molecule has 6 nitrogen and oxygen atoms in total. The predicted molar refractivity (Wildman–Crippen MR) is 102 cm³/mol. The van der Waals surface area contributed by atoms with E-state index in [1.807, 2.05) is 0 Å². The van der Waals surface area contributed by atoms with Crippen LogP contribution in [0.2, 0.25) is 0 Å². The van der Waals surface area contributed by atoms with Gasteiger partial charge in [0.15, 0.2) is 11.8 Å². The van der Waals surface area contributed by atoms with E-state index in [9.17, 15) is 0 Å². The number of rotatable bonds is 6. The Kier molecular flexibility index (Phi) is 7.26. The van der Waals surface area contributed by atoms with E-state index in [4.69, 9.17) is 4.52 Å². The molecule has 0 radical (unpaired) electrons. The van der Waals surface area contributed by atoms with Gasteiger partial charge in [0.2, 0.25) is 5.89 Å².